The molecule has 0 spiro atoms. The molecule has 1 heterocycles. The zero-order valence-corrected chi connectivity index (χ0v) is 18.9. The summed E-state index contributed by atoms with van der Waals surface area (Å²) in [6, 6.07) is 15.6. The molecule has 1 aliphatic heterocycles. The average Bonchev–Trinajstić information content (AvgIpc) is 2.76. The summed E-state index contributed by atoms with van der Waals surface area (Å²) >= 11 is 0. The quantitative estimate of drug-likeness (QED) is 0.592. The van der Waals surface area contributed by atoms with Crippen LogP contribution in [-0.2, 0) is 22.7 Å². The van der Waals surface area contributed by atoms with Crippen molar-refractivity contribution in [3.8, 4) is 5.75 Å². The van der Waals surface area contributed by atoms with Crippen LogP contribution in [0.3, 0.4) is 0 Å². The van der Waals surface area contributed by atoms with Gasteiger partial charge in [-0.25, -0.2) is 0 Å². The van der Waals surface area contributed by atoms with E-state index in [1.807, 2.05) is 12.1 Å². The van der Waals surface area contributed by atoms with Gasteiger partial charge in [-0.3, -0.25) is 14.5 Å². The number of hydrogen-bond acceptors (Lipinski definition) is 4. The second kappa shape index (κ2) is 11.5. The third-order valence-corrected chi connectivity index (χ3v) is 5.53. The standard InChI is InChI=1S/C26H33N3O3/c1-19-13-20(2)16-29(15-19)17-23-5-3-22(4-6-23)14-28-26(31)12-9-21-7-10-24(11-8-21)32-18-25(27)30/h3-12,19-20H,13-18H2,1-2H3,(H2,27,30)(H,28,31). The molecule has 2 unspecified atom stereocenters. The Labute approximate surface area is 190 Å². The molecule has 6 nitrogen and oxygen atoms in total. The Kier molecular flexibility index (Phi) is 8.45. The van der Waals surface area contributed by atoms with Gasteiger partial charge in [0.2, 0.25) is 5.91 Å². The fourth-order valence-corrected chi connectivity index (χ4v) is 4.19. The Bertz CT molecular complexity index is 912. The Morgan fingerprint density at radius 2 is 1.66 bits per heavy atom. The van der Waals surface area contributed by atoms with Crippen LogP contribution in [-0.4, -0.2) is 36.4 Å². The molecule has 1 fully saturated rings. The molecule has 1 saturated heterocycles. The summed E-state index contributed by atoms with van der Waals surface area (Å²) in [4.78, 5) is 25.4. The first-order valence-corrected chi connectivity index (χ1v) is 11.1. The minimum Gasteiger partial charge on any atom is -0.484 e. The highest BCUT2D eigenvalue weighted by Crippen LogP contribution is 2.22. The van der Waals surface area contributed by atoms with Crippen molar-refractivity contribution >= 4 is 17.9 Å². The summed E-state index contributed by atoms with van der Waals surface area (Å²) < 4.78 is 5.22. The molecule has 170 valence electrons. The SMILES string of the molecule is CC1CC(C)CN(Cc2ccc(CNC(=O)C=Cc3ccc(OCC(N)=O)cc3)cc2)C1. The van der Waals surface area contributed by atoms with Gasteiger partial charge in [0.25, 0.3) is 5.91 Å². The van der Waals surface area contributed by atoms with Crippen molar-refractivity contribution in [1.29, 1.82) is 0 Å². The summed E-state index contributed by atoms with van der Waals surface area (Å²) in [7, 11) is 0. The summed E-state index contributed by atoms with van der Waals surface area (Å²) in [5, 5.41) is 2.91. The van der Waals surface area contributed by atoms with Gasteiger partial charge in [-0.2, -0.15) is 0 Å². The molecule has 6 heteroatoms. The van der Waals surface area contributed by atoms with Crippen molar-refractivity contribution in [3.63, 3.8) is 0 Å². The average molecular weight is 436 g/mol. The Morgan fingerprint density at radius 3 is 2.28 bits per heavy atom. The topological polar surface area (TPSA) is 84.7 Å². The van der Waals surface area contributed by atoms with E-state index in [0.717, 1.165) is 42.6 Å². The number of carbonyl (C=O) groups excluding carboxylic acids is 2. The number of likely N-dealkylation sites (tertiary alicyclic amines) is 1. The summed E-state index contributed by atoms with van der Waals surface area (Å²) in [5.74, 6) is 1.40. The lowest BCUT2D eigenvalue weighted by Gasteiger charge is -2.35. The molecule has 0 aliphatic carbocycles. The second-order valence-corrected chi connectivity index (χ2v) is 8.83. The van der Waals surface area contributed by atoms with E-state index in [2.05, 4.69) is 48.3 Å². The molecule has 32 heavy (non-hydrogen) atoms. The van der Waals surface area contributed by atoms with Gasteiger partial charge in [0, 0.05) is 32.3 Å². The first-order chi connectivity index (χ1) is 15.4. The number of amides is 2. The minimum atomic E-state index is -0.522. The van der Waals surface area contributed by atoms with E-state index in [9.17, 15) is 9.59 Å². The highest BCUT2D eigenvalue weighted by Gasteiger charge is 2.21. The monoisotopic (exact) mass is 435 g/mol. The van der Waals surface area contributed by atoms with Crippen LogP contribution in [0.4, 0.5) is 0 Å². The van der Waals surface area contributed by atoms with E-state index in [1.165, 1.54) is 18.1 Å². The third-order valence-electron chi connectivity index (χ3n) is 5.53. The van der Waals surface area contributed by atoms with Gasteiger partial charge >= 0.3 is 0 Å². The highest BCUT2D eigenvalue weighted by atomic mass is 16.5. The molecular weight excluding hydrogens is 402 g/mol. The van der Waals surface area contributed by atoms with E-state index in [0.29, 0.717) is 12.3 Å². The molecule has 0 bridgehead atoms. The molecule has 2 atom stereocenters. The fraction of sp³-hybridized carbons (Fsp3) is 0.385. The van der Waals surface area contributed by atoms with Crippen LogP contribution in [0.25, 0.3) is 6.08 Å². The molecule has 3 N–H and O–H groups in total. The predicted octanol–water partition coefficient (Wildman–Crippen LogP) is 3.36. The fourth-order valence-electron chi connectivity index (χ4n) is 4.19. The molecule has 2 amide bonds. The van der Waals surface area contributed by atoms with Gasteiger partial charge in [0.05, 0.1) is 0 Å². The minimum absolute atomic E-state index is 0.153. The molecule has 3 rings (SSSR count). The van der Waals surface area contributed by atoms with E-state index < -0.39 is 5.91 Å². The maximum Gasteiger partial charge on any atom is 0.255 e. The van der Waals surface area contributed by atoms with Crippen LogP contribution in [0.15, 0.2) is 54.6 Å². The molecule has 0 aromatic heterocycles. The zero-order chi connectivity index (χ0) is 22.9. The number of nitrogens with zero attached hydrogens (tertiary/aromatic N) is 1. The number of piperidine rings is 1. The molecule has 1 aliphatic rings. The number of nitrogens with two attached hydrogens (primary N) is 1. The van der Waals surface area contributed by atoms with Crippen molar-refractivity contribution in [2.24, 2.45) is 17.6 Å². The maximum absolute atomic E-state index is 12.1. The van der Waals surface area contributed by atoms with Crippen LogP contribution in [0.1, 0.15) is 37.0 Å². The summed E-state index contributed by atoms with van der Waals surface area (Å²) in [6.07, 6.45) is 4.56. The number of ether oxygens (including phenoxy) is 1. The normalized spacial score (nSPS) is 19.1. The first-order valence-electron chi connectivity index (χ1n) is 11.1. The molecule has 2 aromatic rings. The maximum atomic E-state index is 12.1. The molecule has 0 saturated carbocycles. The highest BCUT2D eigenvalue weighted by molar-refractivity contribution is 5.91. The van der Waals surface area contributed by atoms with Crippen LogP contribution in [0.2, 0.25) is 0 Å². The second-order valence-electron chi connectivity index (χ2n) is 8.83. The van der Waals surface area contributed by atoms with E-state index in [1.54, 1.807) is 18.2 Å². The number of rotatable bonds is 9. The number of carbonyl (C=O) groups is 2. The van der Waals surface area contributed by atoms with Crippen molar-refractivity contribution < 1.29 is 14.3 Å². The Hall–Kier alpha value is -3.12. The van der Waals surface area contributed by atoms with Crippen molar-refractivity contribution in [2.45, 2.75) is 33.4 Å². The molecular formula is C26H33N3O3. The first kappa shape index (κ1) is 23.5. The van der Waals surface area contributed by atoms with Crippen molar-refractivity contribution in [3.05, 3.63) is 71.3 Å². The number of benzene rings is 2. The summed E-state index contributed by atoms with van der Waals surface area (Å²) in [6.45, 7) is 8.31. The van der Waals surface area contributed by atoms with Gasteiger partial charge in [-0.1, -0.05) is 50.2 Å². The van der Waals surface area contributed by atoms with Gasteiger partial charge in [0.15, 0.2) is 6.61 Å². The third kappa shape index (κ3) is 7.85. The molecule has 0 radical (unpaired) electrons. The van der Waals surface area contributed by atoms with Gasteiger partial charge in [0.1, 0.15) is 5.75 Å². The number of nitrogens with one attached hydrogen (secondary N) is 1. The van der Waals surface area contributed by atoms with Crippen LogP contribution in [0.5, 0.6) is 5.75 Å². The van der Waals surface area contributed by atoms with Crippen LogP contribution >= 0.6 is 0 Å². The zero-order valence-electron chi connectivity index (χ0n) is 18.9. The molecule has 2 aromatic carbocycles. The van der Waals surface area contributed by atoms with E-state index in [-0.39, 0.29) is 12.5 Å². The lowest BCUT2D eigenvalue weighted by atomic mass is 9.91. The predicted molar refractivity (Wildman–Crippen MR) is 127 cm³/mol. The van der Waals surface area contributed by atoms with Crippen LogP contribution < -0.4 is 15.8 Å². The number of primary amides is 1. The van der Waals surface area contributed by atoms with Gasteiger partial charge in [-0.15, -0.1) is 0 Å². The van der Waals surface area contributed by atoms with Gasteiger partial charge in [-0.05, 0) is 53.2 Å². The van der Waals surface area contributed by atoms with E-state index in [4.69, 9.17) is 10.5 Å². The van der Waals surface area contributed by atoms with Crippen LogP contribution in [0, 0.1) is 11.8 Å². The Morgan fingerprint density at radius 1 is 1.03 bits per heavy atom. The van der Waals surface area contributed by atoms with Crippen molar-refractivity contribution in [2.75, 3.05) is 19.7 Å². The Balaban J connectivity index is 1.43. The number of hydrogen-bond donors (Lipinski definition) is 2. The lowest BCUT2D eigenvalue weighted by Crippen LogP contribution is -2.38. The van der Waals surface area contributed by atoms with Crippen molar-refractivity contribution in [1.82, 2.24) is 10.2 Å². The smallest absolute Gasteiger partial charge is 0.255 e. The summed E-state index contributed by atoms with van der Waals surface area (Å²) in [5.41, 5.74) is 8.30. The lowest BCUT2D eigenvalue weighted by molar-refractivity contribution is -0.120. The van der Waals surface area contributed by atoms with Gasteiger partial charge < -0.3 is 15.8 Å². The largest absolute Gasteiger partial charge is 0.484 e. The van der Waals surface area contributed by atoms with E-state index >= 15 is 0 Å².